The summed E-state index contributed by atoms with van der Waals surface area (Å²) in [4.78, 5) is 14.7. The van der Waals surface area contributed by atoms with Gasteiger partial charge in [0.05, 0.1) is 12.8 Å². The summed E-state index contributed by atoms with van der Waals surface area (Å²) in [6.07, 6.45) is 2.04. The van der Waals surface area contributed by atoms with Gasteiger partial charge in [-0.15, -0.1) is 0 Å². The number of para-hydroxylation sites is 1. The molecule has 0 N–H and O–H groups in total. The van der Waals surface area contributed by atoms with Gasteiger partial charge in [-0.05, 0) is 42.0 Å². The molecule has 0 saturated carbocycles. The summed E-state index contributed by atoms with van der Waals surface area (Å²) < 4.78 is 5.22. The van der Waals surface area contributed by atoms with Gasteiger partial charge in [0.2, 0.25) is 0 Å². The van der Waals surface area contributed by atoms with Crippen LogP contribution in [0, 0.1) is 0 Å². The second-order valence-electron chi connectivity index (χ2n) is 5.82. The summed E-state index contributed by atoms with van der Waals surface area (Å²) in [6, 6.07) is 25.3. The molecule has 0 aliphatic carbocycles. The predicted molar refractivity (Wildman–Crippen MR) is 101 cm³/mol. The van der Waals surface area contributed by atoms with Crippen molar-refractivity contribution in [1.82, 2.24) is 0 Å². The Morgan fingerprint density at radius 3 is 2.12 bits per heavy atom. The van der Waals surface area contributed by atoms with Gasteiger partial charge in [0, 0.05) is 16.8 Å². The molecule has 0 spiro atoms. The van der Waals surface area contributed by atoms with Gasteiger partial charge in [-0.3, -0.25) is 9.69 Å². The van der Waals surface area contributed by atoms with Crippen molar-refractivity contribution in [2.45, 2.75) is 0 Å². The summed E-state index contributed by atoms with van der Waals surface area (Å²) >= 11 is 0. The monoisotopic (exact) mass is 327 g/mol. The molecule has 3 aromatic carbocycles. The standard InChI is InChI=1S/C22H17NO2/c1-25-18-13-11-16(12-14-18)15-21-19-9-5-6-10-20(19)22(24)23(21)17-7-3-2-4-8-17/h2-15H,1H3/b21-15+. The van der Waals surface area contributed by atoms with Crippen LogP contribution in [-0.4, -0.2) is 13.0 Å². The van der Waals surface area contributed by atoms with E-state index >= 15 is 0 Å². The fourth-order valence-electron chi connectivity index (χ4n) is 3.08. The third kappa shape index (κ3) is 2.70. The average molecular weight is 327 g/mol. The van der Waals surface area contributed by atoms with Gasteiger partial charge in [0.15, 0.2) is 0 Å². The van der Waals surface area contributed by atoms with Crippen molar-refractivity contribution in [3.8, 4) is 5.75 Å². The van der Waals surface area contributed by atoms with Gasteiger partial charge in [0.25, 0.3) is 5.91 Å². The van der Waals surface area contributed by atoms with Crippen LogP contribution in [-0.2, 0) is 0 Å². The lowest BCUT2D eigenvalue weighted by molar-refractivity contribution is 0.101. The number of benzene rings is 3. The van der Waals surface area contributed by atoms with Crippen molar-refractivity contribution in [1.29, 1.82) is 0 Å². The van der Waals surface area contributed by atoms with E-state index in [1.807, 2.05) is 84.9 Å². The van der Waals surface area contributed by atoms with Crippen molar-refractivity contribution in [3.05, 3.63) is 95.6 Å². The molecule has 4 rings (SSSR count). The molecule has 0 atom stereocenters. The summed E-state index contributed by atoms with van der Waals surface area (Å²) in [6.45, 7) is 0. The Balaban J connectivity index is 1.86. The number of rotatable bonds is 3. The molecule has 1 aliphatic heterocycles. The number of hydrogen-bond acceptors (Lipinski definition) is 2. The minimum atomic E-state index is 0.00145. The second-order valence-corrected chi connectivity index (χ2v) is 5.82. The quantitative estimate of drug-likeness (QED) is 0.688. The molecule has 1 heterocycles. The maximum atomic E-state index is 13.0. The number of carbonyl (C=O) groups is 1. The molecule has 122 valence electrons. The van der Waals surface area contributed by atoms with Crippen molar-refractivity contribution in [3.63, 3.8) is 0 Å². The van der Waals surface area contributed by atoms with Crippen LogP contribution < -0.4 is 9.64 Å². The smallest absolute Gasteiger partial charge is 0.263 e. The van der Waals surface area contributed by atoms with Crippen molar-refractivity contribution in [2.24, 2.45) is 0 Å². The minimum Gasteiger partial charge on any atom is -0.497 e. The summed E-state index contributed by atoms with van der Waals surface area (Å²) in [5.41, 5.74) is 4.44. The molecule has 25 heavy (non-hydrogen) atoms. The van der Waals surface area contributed by atoms with E-state index in [9.17, 15) is 4.79 Å². The number of anilines is 1. The molecular formula is C22H17NO2. The van der Waals surface area contributed by atoms with E-state index in [1.165, 1.54) is 0 Å². The molecule has 3 heteroatoms. The van der Waals surface area contributed by atoms with Gasteiger partial charge in [0.1, 0.15) is 5.75 Å². The molecule has 0 bridgehead atoms. The fraction of sp³-hybridized carbons (Fsp3) is 0.0455. The number of amides is 1. The molecule has 0 aromatic heterocycles. The van der Waals surface area contributed by atoms with Crippen LogP contribution >= 0.6 is 0 Å². The molecular weight excluding hydrogens is 310 g/mol. The van der Waals surface area contributed by atoms with E-state index in [0.717, 1.165) is 33.8 Å². The number of ether oxygens (including phenoxy) is 1. The van der Waals surface area contributed by atoms with Crippen LogP contribution in [0.2, 0.25) is 0 Å². The van der Waals surface area contributed by atoms with Gasteiger partial charge in [-0.1, -0.05) is 48.5 Å². The summed E-state index contributed by atoms with van der Waals surface area (Å²) in [5, 5.41) is 0. The van der Waals surface area contributed by atoms with Crippen LogP contribution in [0.15, 0.2) is 78.9 Å². The van der Waals surface area contributed by atoms with Crippen LogP contribution in [0.1, 0.15) is 21.5 Å². The molecule has 0 fully saturated rings. The van der Waals surface area contributed by atoms with E-state index in [2.05, 4.69) is 0 Å². The van der Waals surface area contributed by atoms with Crippen LogP contribution in [0.5, 0.6) is 5.75 Å². The Hall–Kier alpha value is -3.33. The minimum absolute atomic E-state index is 0.00145. The summed E-state index contributed by atoms with van der Waals surface area (Å²) in [5.74, 6) is 0.812. The van der Waals surface area contributed by atoms with E-state index in [0.29, 0.717) is 0 Å². The number of fused-ring (bicyclic) bond motifs is 1. The number of hydrogen-bond donors (Lipinski definition) is 0. The molecule has 1 amide bonds. The zero-order valence-corrected chi connectivity index (χ0v) is 13.8. The molecule has 3 nitrogen and oxygen atoms in total. The number of carbonyl (C=O) groups excluding carboxylic acids is 1. The van der Waals surface area contributed by atoms with Crippen LogP contribution in [0.3, 0.4) is 0 Å². The van der Waals surface area contributed by atoms with Crippen LogP contribution in [0.4, 0.5) is 5.69 Å². The highest BCUT2D eigenvalue weighted by Gasteiger charge is 2.32. The Bertz CT molecular complexity index is 943. The lowest BCUT2D eigenvalue weighted by Gasteiger charge is -2.18. The van der Waals surface area contributed by atoms with Gasteiger partial charge in [-0.2, -0.15) is 0 Å². The zero-order valence-electron chi connectivity index (χ0n) is 13.8. The fourth-order valence-corrected chi connectivity index (χ4v) is 3.08. The average Bonchev–Trinajstić information content (AvgIpc) is 2.95. The second kappa shape index (κ2) is 6.29. The highest BCUT2D eigenvalue weighted by Crippen LogP contribution is 2.37. The van der Waals surface area contributed by atoms with E-state index < -0.39 is 0 Å². The molecule has 0 unspecified atom stereocenters. The first-order valence-corrected chi connectivity index (χ1v) is 8.12. The van der Waals surface area contributed by atoms with Gasteiger partial charge in [-0.25, -0.2) is 0 Å². The highest BCUT2D eigenvalue weighted by atomic mass is 16.5. The Labute approximate surface area is 146 Å². The van der Waals surface area contributed by atoms with Gasteiger partial charge >= 0.3 is 0 Å². The third-order valence-corrected chi connectivity index (χ3v) is 4.31. The van der Waals surface area contributed by atoms with Crippen molar-refractivity contribution >= 4 is 23.4 Å². The Morgan fingerprint density at radius 2 is 1.44 bits per heavy atom. The normalized spacial score (nSPS) is 14.7. The van der Waals surface area contributed by atoms with Crippen LogP contribution in [0.25, 0.3) is 11.8 Å². The molecule has 0 radical (unpaired) electrons. The number of methoxy groups -OCH3 is 1. The SMILES string of the molecule is COc1ccc(/C=C2\c3ccccc3C(=O)N2c2ccccc2)cc1. The van der Waals surface area contributed by atoms with Gasteiger partial charge < -0.3 is 4.74 Å². The highest BCUT2D eigenvalue weighted by molar-refractivity contribution is 6.24. The van der Waals surface area contributed by atoms with Crippen molar-refractivity contribution < 1.29 is 9.53 Å². The first-order chi connectivity index (χ1) is 12.3. The lowest BCUT2D eigenvalue weighted by Crippen LogP contribution is -2.22. The van der Waals surface area contributed by atoms with E-state index in [4.69, 9.17) is 4.74 Å². The topological polar surface area (TPSA) is 29.5 Å². The third-order valence-electron chi connectivity index (χ3n) is 4.31. The molecule has 0 saturated heterocycles. The maximum absolute atomic E-state index is 13.0. The zero-order chi connectivity index (χ0) is 17.2. The predicted octanol–water partition coefficient (Wildman–Crippen LogP) is 4.85. The molecule has 3 aromatic rings. The van der Waals surface area contributed by atoms with E-state index in [1.54, 1.807) is 12.0 Å². The Morgan fingerprint density at radius 1 is 0.800 bits per heavy atom. The van der Waals surface area contributed by atoms with E-state index in [-0.39, 0.29) is 5.91 Å². The summed E-state index contributed by atoms with van der Waals surface area (Å²) in [7, 11) is 1.65. The maximum Gasteiger partial charge on any atom is 0.263 e. The van der Waals surface area contributed by atoms with Crippen molar-refractivity contribution in [2.75, 3.05) is 12.0 Å². The largest absolute Gasteiger partial charge is 0.497 e. The first-order valence-electron chi connectivity index (χ1n) is 8.12. The lowest BCUT2D eigenvalue weighted by atomic mass is 10.1. The number of nitrogens with zero attached hydrogens (tertiary/aromatic N) is 1. The first kappa shape index (κ1) is 15.2. The Kier molecular flexibility index (Phi) is 3.82. The molecule has 1 aliphatic rings.